The zero-order valence-corrected chi connectivity index (χ0v) is 22.8. The van der Waals surface area contributed by atoms with Crippen molar-refractivity contribution in [1.29, 1.82) is 0 Å². The van der Waals surface area contributed by atoms with E-state index < -0.39 is 39.6 Å². The van der Waals surface area contributed by atoms with Gasteiger partial charge in [-0.15, -0.1) is 0 Å². The Kier molecular flexibility index (Phi) is 8.68. The van der Waals surface area contributed by atoms with Gasteiger partial charge >= 0.3 is 6.18 Å². The highest BCUT2D eigenvalue weighted by Crippen LogP contribution is 2.40. The molecule has 1 N–H and O–H groups in total. The van der Waals surface area contributed by atoms with Crippen LogP contribution < -0.4 is 5.32 Å². The minimum absolute atomic E-state index is 0.0129. The fourth-order valence-electron chi connectivity index (χ4n) is 4.61. The molecule has 0 bridgehead atoms. The molecule has 1 fully saturated rings. The van der Waals surface area contributed by atoms with Crippen molar-refractivity contribution in [2.24, 2.45) is 11.3 Å². The number of carbonyl (C=O) groups is 1. The van der Waals surface area contributed by atoms with E-state index in [0.717, 1.165) is 19.9 Å². The number of benzene rings is 1. The van der Waals surface area contributed by atoms with E-state index in [-0.39, 0.29) is 33.3 Å². The molecule has 206 valence electrons. The molecule has 1 amide bonds. The van der Waals surface area contributed by atoms with Crippen LogP contribution in [0.3, 0.4) is 0 Å². The monoisotopic (exact) mass is 565 g/mol. The number of rotatable bonds is 8. The lowest BCUT2D eigenvalue weighted by Gasteiger charge is -2.27. The number of nitrogens with zero attached hydrogens (tertiary/aromatic N) is 2. The molecule has 6 nitrogen and oxygen atoms in total. The molecule has 0 aliphatic heterocycles. The largest absolute Gasteiger partial charge is 0.394 e. The molecule has 1 saturated carbocycles. The van der Waals surface area contributed by atoms with Gasteiger partial charge in [-0.05, 0) is 55.7 Å². The van der Waals surface area contributed by atoms with Gasteiger partial charge < -0.3 is 5.32 Å². The van der Waals surface area contributed by atoms with Crippen molar-refractivity contribution in [2.45, 2.75) is 70.7 Å². The van der Waals surface area contributed by atoms with Crippen LogP contribution in [0.4, 0.5) is 17.6 Å². The summed E-state index contributed by atoms with van der Waals surface area (Å²) in [4.78, 5) is 17.2. The molecular weight excluding hydrogens is 534 g/mol. The maximum absolute atomic E-state index is 15.1. The summed E-state index contributed by atoms with van der Waals surface area (Å²) in [6.07, 6.45) is -0.847. The van der Waals surface area contributed by atoms with Crippen LogP contribution in [-0.4, -0.2) is 48.1 Å². The lowest BCUT2D eigenvalue weighted by atomic mass is 9.85. The van der Waals surface area contributed by atoms with Crippen molar-refractivity contribution in [1.82, 2.24) is 14.9 Å². The highest BCUT2D eigenvalue weighted by atomic mass is 35.5. The zero-order chi connectivity index (χ0) is 27.8. The average molecular weight is 566 g/mol. The Labute approximate surface area is 219 Å². The summed E-state index contributed by atoms with van der Waals surface area (Å²) < 4.78 is 79.6. The SMILES string of the molecule is CCc1nc(C(=O)NCC2CCC(S(C)(=O)=O)CC2)c(Cl)n1-c1ccc(CC(C)(C)C(F)(F)F)cc1F. The molecule has 0 unspecified atom stereocenters. The molecular formula is C25H32ClF4N3O3S. The zero-order valence-electron chi connectivity index (χ0n) is 21.3. The highest BCUT2D eigenvalue weighted by molar-refractivity contribution is 7.91. The molecule has 1 heterocycles. The first kappa shape index (κ1) is 29.4. The summed E-state index contributed by atoms with van der Waals surface area (Å²) in [6, 6.07) is 3.80. The molecule has 0 radical (unpaired) electrons. The van der Waals surface area contributed by atoms with Gasteiger partial charge in [-0.1, -0.05) is 38.4 Å². The predicted molar refractivity (Wildman–Crippen MR) is 134 cm³/mol. The second-order valence-electron chi connectivity index (χ2n) is 10.4. The van der Waals surface area contributed by atoms with Crippen LogP contribution in [0.1, 0.15) is 68.3 Å². The van der Waals surface area contributed by atoms with Crippen molar-refractivity contribution < 1.29 is 30.8 Å². The third-order valence-corrected chi connectivity index (χ3v) is 9.07. The summed E-state index contributed by atoms with van der Waals surface area (Å²) >= 11 is 6.46. The molecule has 1 aliphatic rings. The van der Waals surface area contributed by atoms with E-state index in [4.69, 9.17) is 11.6 Å². The second-order valence-corrected chi connectivity index (χ2v) is 13.1. The number of aromatic nitrogens is 2. The van der Waals surface area contributed by atoms with Crippen molar-refractivity contribution in [3.05, 3.63) is 46.3 Å². The number of hydrogen-bond acceptors (Lipinski definition) is 4. The van der Waals surface area contributed by atoms with Crippen LogP contribution in [-0.2, 0) is 22.7 Å². The highest BCUT2D eigenvalue weighted by Gasteiger charge is 2.47. The third kappa shape index (κ3) is 6.66. The first-order valence-electron chi connectivity index (χ1n) is 12.1. The van der Waals surface area contributed by atoms with Crippen LogP contribution in [0.15, 0.2) is 18.2 Å². The van der Waals surface area contributed by atoms with E-state index in [9.17, 15) is 26.4 Å². The molecule has 1 aromatic heterocycles. The summed E-state index contributed by atoms with van der Waals surface area (Å²) in [6.45, 7) is 4.21. The number of amides is 1. The van der Waals surface area contributed by atoms with Crippen LogP contribution >= 0.6 is 11.6 Å². The number of imidazole rings is 1. The van der Waals surface area contributed by atoms with Crippen molar-refractivity contribution >= 4 is 27.3 Å². The van der Waals surface area contributed by atoms with Crippen molar-refractivity contribution in [3.8, 4) is 5.69 Å². The number of aryl methyl sites for hydroxylation is 1. The number of nitrogens with one attached hydrogen (secondary N) is 1. The molecule has 37 heavy (non-hydrogen) atoms. The van der Waals surface area contributed by atoms with Crippen LogP contribution in [0.25, 0.3) is 5.69 Å². The molecule has 3 rings (SSSR count). The first-order chi connectivity index (χ1) is 17.0. The number of carbonyl (C=O) groups excluding carboxylic acids is 1. The van der Waals surface area contributed by atoms with Gasteiger partial charge in [-0.25, -0.2) is 17.8 Å². The third-order valence-electron chi connectivity index (χ3n) is 7.04. The van der Waals surface area contributed by atoms with E-state index in [1.807, 2.05) is 0 Å². The number of sulfone groups is 1. The number of halogens is 5. The maximum atomic E-state index is 15.1. The lowest BCUT2D eigenvalue weighted by molar-refractivity contribution is -0.211. The summed E-state index contributed by atoms with van der Waals surface area (Å²) in [5.74, 6) is -0.864. The minimum Gasteiger partial charge on any atom is -0.350 e. The molecule has 1 aromatic carbocycles. The van der Waals surface area contributed by atoms with E-state index in [0.29, 0.717) is 44.5 Å². The van der Waals surface area contributed by atoms with E-state index >= 15 is 4.39 Å². The summed E-state index contributed by atoms with van der Waals surface area (Å²) in [5, 5.41) is 2.34. The molecule has 0 spiro atoms. The fourth-order valence-corrected chi connectivity index (χ4v) is 6.05. The molecule has 0 atom stereocenters. The van der Waals surface area contributed by atoms with Gasteiger partial charge in [0.2, 0.25) is 0 Å². The standard InChI is InChI=1S/C25H32ClF4N3O3S/c1-5-20-32-21(23(34)31-14-15-6-9-17(10-7-15)37(4,35)36)22(26)33(20)19-11-8-16(12-18(19)27)13-24(2,3)25(28,29)30/h8,11-12,15,17H,5-7,9-10,13-14H2,1-4H3,(H,31,34). The van der Waals surface area contributed by atoms with Crippen LogP contribution in [0, 0.1) is 17.2 Å². The predicted octanol–water partition coefficient (Wildman–Crippen LogP) is 5.69. The van der Waals surface area contributed by atoms with Gasteiger partial charge in [-0.3, -0.25) is 9.36 Å². The Bertz CT molecular complexity index is 1250. The Balaban J connectivity index is 1.76. The van der Waals surface area contributed by atoms with Gasteiger partial charge in [0.15, 0.2) is 5.69 Å². The molecule has 1 aliphatic carbocycles. The summed E-state index contributed by atoms with van der Waals surface area (Å²) in [5.41, 5.74) is -1.94. The van der Waals surface area contributed by atoms with Crippen molar-refractivity contribution in [3.63, 3.8) is 0 Å². The van der Waals surface area contributed by atoms with E-state index in [2.05, 4.69) is 10.3 Å². The number of hydrogen-bond donors (Lipinski definition) is 1. The normalized spacial score (nSPS) is 19.2. The molecule has 2 aromatic rings. The fraction of sp³-hybridized carbons (Fsp3) is 0.600. The lowest BCUT2D eigenvalue weighted by Crippen LogP contribution is -2.34. The average Bonchev–Trinajstić information content (AvgIpc) is 3.12. The van der Waals surface area contributed by atoms with Gasteiger partial charge in [0.05, 0.1) is 16.4 Å². The topological polar surface area (TPSA) is 81.1 Å². The van der Waals surface area contributed by atoms with Gasteiger partial charge in [0, 0.05) is 19.2 Å². The summed E-state index contributed by atoms with van der Waals surface area (Å²) in [7, 11) is -3.08. The Morgan fingerprint density at radius 1 is 1.19 bits per heavy atom. The Morgan fingerprint density at radius 2 is 1.81 bits per heavy atom. The Hall–Kier alpha value is -2.14. The second kappa shape index (κ2) is 10.9. The Morgan fingerprint density at radius 3 is 2.32 bits per heavy atom. The van der Waals surface area contributed by atoms with Crippen LogP contribution in [0.5, 0.6) is 0 Å². The van der Waals surface area contributed by atoms with Crippen molar-refractivity contribution in [2.75, 3.05) is 12.8 Å². The van der Waals surface area contributed by atoms with E-state index in [1.165, 1.54) is 23.0 Å². The van der Waals surface area contributed by atoms with Crippen LogP contribution in [0.2, 0.25) is 5.15 Å². The van der Waals surface area contributed by atoms with Gasteiger partial charge in [0.25, 0.3) is 5.91 Å². The van der Waals surface area contributed by atoms with E-state index in [1.54, 1.807) is 6.92 Å². The molecule has 0 saturated heterocycles. The minimum atomic E-state index is -4.44. The first-order valence-corrected chi connectivity index (χ1v) is 14.5. The van der Waals surface area contributed by atoms with Gasteiger partial charge in [-0.2, -0.15) is 13.2 Å². The maximum Gasteiger partial charge on any atom is 0.394 e. The smallest absolute Gasteiger partial charge is 0.350 e. The number of alkyl halides is 3. The molecule has 12 heteroatoms. The van der Waals surface area contributed by atoms with Gasteiger partial charge in [0.1, 0.15) is 26.6 Å². The quantitative estimate of drug-likeness (QED) is 0.417.